The molecule has 0 heterocycles. The van der Waals surface area contributed by atoms with Crippen LogP contribution in [0.4, 0.5) is 0 Å². The van der Waals surface area contributed by atoms with Crippen molar-refractivity contribution in [2.75, 3.05) is 0 Å². The topological polar surface area (TPSA) is 34.1 Å². The molecule has 6 unspecified atom stereocenters. The number of allylic oxidation sites excluding steroid dienone is 2. The molecule has 2 nitrogen and oxygen atoms in total. The maximum absolute atomic E-state index is 13.9. The van der Waals surface area contributed by atoms with Gasteiger partial charge in [0.05, 0.1) is 0 Å². The predicted molar refractivity (Wildman–Crippen MR) is 171 cm³/mol. The first-order valence-corrected chi connectivity index (χ1v) is 17.7. The van der Waals surface area contributed by atoms with Crippen LogP contribution in [0.5, 0.6) is 0 Å². The van der Waals surface area contributed by atoms with Crippen LogP contribution in [0.3, 0.4) is 0 Å². The maximum Gasteiger partial charge on any atom is 0.145 e. The quantitative estimate of drug-likeness (QED) is 0.0671. The van der Waals surface area contributed by atoms with E-state index in [0.717, 1.165) is 37.4 Å². The van der Waals surface area contributed by atoms with Crippen molar-refractivity contribution in [2.45, 2.75) is 147 Å². The van der Waals surface area contributed by atoms with Gasteiger partial charge in [0.25, 0.3) is 0 Å². The average molecular weight is 575 g/mol. The van der Waals surface area contributed by atoms with Crippen LogP contribution in [0.25, 0.3) is 0 Å². The Labute approximate surface area is 251 Å². The summed E-state index contributed by atoms with van der Waals surface area (Å²) in [4.78, 5) is 26.1. The van der Waals surface area contributed by atoms with E-state index in [-0.39, 0.29) is 17.3 Å². The second-order valence-corrected chi connectivity index (χ2v) is 16.4. The fourth-order valence-electron chi connectivity index (χ4n) is 10.1. The second-order valence-electron chi connectivity index (χ2n) is 14.6. The number of thiol groups is 2. The highest BCUT2D eigenvalue weighted by Gasteiger charge is 2.64. The molecule has 4 aliphatic rings. The molecule has 0 aromatic heterocycles. The Morgan fingerprint density at radius 1 is 0.897 bits per heavy atom. The number of carbonyl (C=O) groups excluding carboxylic acids is 2. The van der Waals surface area contributed by atoms with Gasteiger partial charge in [-0.25, -0.2) is 0 Å². The van der Waals surface area contributed by atoms with E-state index in [1.807, 2.05) is 0 Å². The minimum Gasteiger partial charge on any atom is -0.301 e. The van der Waals surface area contributed by atoms with Gasteiger partial charge in [-0.2, -0.15) is 25.3 Å². The van der Waals surface area contributed by atoms with Gasteiger partial charge in [0.15, 0.2) is 0 Å². The third-order valence-corrected chi connectivity index (χ3v) is 13.2. The number of aldehydes is 1. The molecule has 8 atom stereocenters. The van der Waals surface area contributed by atoms with Crippen LogP contribution in [0.15, 0.2) is 12.2 Å². The molecule has 0 radical (unpaired) electrons. The third-order valence-electron chi connectivity index (χ3n) is 12.4. The van der Waals surface area contributed by atoms with Gasteiger partial charge in [0, 0.05) is 12.3 Å². The minimum absolute atomic E-state index is 0.0197. The van der Waals surface area contributed by atoms with Gasteiger partial charge in [-0.05, 0) is 85.4 Å². The van der Waals surface area contributed by atoms with Crippen molar-refractivity contribution in [1.29, 1.82) is 0 Å². The van der Waals surface area contributed by atoms with Crippen LogP contribution in [-0.4, -0.2) is 16.1 Å². The molecule has 0 aromatic carbocycles. The zero-order valence-corrected chi connectivity index (χ0v) is 27.1. The van der Waals surface area contributed by atoms with Crippen LogP contribution in [-0.2, 0) is 9.59 Å². The zero-order chi connectivity index (χ0) is 28.1. The summed E-state index contributed by atoms with van der Waals surface area (Å²) < 4.78 is -1.04. The Hall–Kier alpha value is -0.220. The van der Waals surface area contributed by atoms with Crippen molar-refractivity contribution in [2.24, 2.45) is 46.3 Å². The van der Waals surface area contributed by atoms with Crippen molar-refractivity contribution in [1.82, 2.24) is 0 Å². The second kappa shape index (κ2) is 13.8. The third kappa shape index (κ3) is 6.73. The summed E-state index contributed by atoms with van der Waals surface area (Å²) in [5.74, 6) is 2.90. The number of hydrogen-bond donors (Lipinski definition) is 2. The molecule has 222 valence electrons. The van der Waals surface area contributed by atoms with Gasteiger partial charge < -0.3 is 4.79 Å². The van der Waals surface area contributed by atoms with Crippen LogP contribution >= 0.6 is 25.3 Å². The number of hydrogen-bond acceptors (Lipinski definition) is 4. The maximum atomic E-state index is 13.9. The van der Waals surface area contributed by atoms with E-state index in [9.17, 15) is 9.59 Å². The van der Waals surface area contributed by atoms with Gasteiger partial charge in [-0.15, -0.1) is 0 Å². The van der Waals surface area contributed by atoms with E-state index >= 15 is 0 Å². The largest absolute Gasteiger partial charge is 0.301 e. The lowest BCUT2D eigenvalue weighted by molar-refractivity contribution is -0.126. The summed E-state index contributed by atoms with van der Waals surface area (Å²) in [6.45, 7) is 7.24. The van der Waals surface area contributed by atoms with Gasteiger partial charge in [0.2, 0.25) is 0 Å². The van der Waals surface area contributed by atoms with E-state index < -0.39 is 4.08 Å². The highest BCUT2D eigenvalue weighted by Crippen LogP contribution is 2.68. The summed E-state index contributed by atoms with van der Waals surface area (Å²) >= 11 is 9.60. The molecule has 0 amide bonds. The summed E-state index contributed by atoms with van der Waals surface area (Å²) in [5, 5.41) is 0. The Balaban J connectivity index is 1.36. The Bertz CT molecular complexity index is 852. The van der Waals surface area contributed by atoms with Gasteiger partial charge in [-0.1, -0.05) is 104 Å². The van der Waals surface area contributed by atoms with Crippen LogP contribution in [0, 0.1) is 46.3 Å². The summed E-state index contributed by atoms with van der Waals surface area (Å²) in [7, 11) is 0. The number of rotatable bonds is 15. The first kappa shape index (κ1) is 31.7. The smallest absolute Gasteiger partial charge is 0.145 e. The van der Waals surface area contributed by atoms with E-state index in [0.29, 0.717) is 29.5 Å². The van der Waals surface area contributed by atoms with Gasteiger partial charge in [-0.3, -0.25) is 4.79 Å². The Morgan fingerprint density at radius 3 is 2.18 bits per heavy atom. The summed E-state index contributed by atoms with van der Waals surface area (Å²) in [6.07, 6.45) is 29.1. The monoisotopic (exact) mass is 574 g/mol. The summed E-state index contributed by atoms with van der Waals surface area (Å²) in [6, 6.07) is 0. The van der Waals surface area contributed by atoms with E-state index in [2.05, 4.69) is 32.9 Å². The van der Waals surface area contributed by atoms with Crippen LogP contribution in [0.2, 0.25) is 0 Å². The molecule has 0 aliphatic heterocycles. The number of unbranched alkanes of at least 4 members (excludes halogenated alkanes) is 10. The number of fused-ring (bicyclic) bond motifs is 5. The molecular formula is C35H58O2S2. The predicted octanol–water partition coefficient (Wildman–Crippen LogP) is 10.1. The molecule has 39 heavy (non-hydrogen) atoms. The first-order chi connectivity index (χ1) is 18.7. The van der Waals surface area contributed by atoms with Crippen molar-refractivity contribution in [3.8, 4) is 0 Å². The van der Waals surface area contributed by atoms with Crippen LogP contribution < -0.4 is 0 Å². The molecule has 0 bridgehead atoms. The molecule has 0 aromatic rings. The lowest BCUT2D eigenvalue weighted by Crippen LogP contribution is -2.53. The molecule has 4 aliphatic carbocycles. The van der Waals surface area contributed by atoms with Crippen LogP contribution in [0.1, 0.15) is 143 Å². The minimum atomic E-state index is -1.04. The molecule has 4 rings (SSSR count). The highest BCUT2D eigenvalue weighted by molar-refractivity contribution is 8.01. The van der Waals surface area contributed by atoms with Crippen molar-refractivity contribution < 1.29 is 9.59 Å². The average Bonchev–Trinajstić information content (AvgIpc) is 3.18. The Kier molecular flexibility index (Phi) is 11.2. The zero-order valence-electron chi connectivity index (χ0n) is 25.3. The molecule has 3 fully saturated rings. The molecule has 4 heteroatoms. The molecule has 3 saturated carbocycles. The van der Waals surface area contributed by atoms with Crippen molar-refractivity contribution in [3.05, 3.63) is 12.2 Å². The molecule has 0 spiro atoms. The van der Waals surface area contributed by atoms with Crippen molar-refractivity contribution in [3.63, 3.8) is 0 Å². The summed E-state index contributed by atoms with van der Waals surface area (Å²) in [5.41, 5.74) is 0.378. The fourth-order valence-corrected chi connectivity index (χ4v) is 10.6. The molecule has 0 N–H and O–H groups in total. The lowest BCUT2D eigenvalue weighted by atomic mass is 9.45. The highest BCUT2D eigenvalue weighted by atomic mass is 32.2. The number of ketones is 1. The molecule has 0 saturated heterocycles. The SMILES string of the molecule is CCCCCCCCCCCCCC(C1C(=O)CC2C3CCC4CC=CC[C@]4(C)C3CC[C@@]21C)C(S)(S)C=O. The van der Waals surface area contributed by atoms with E-state index in [1.54, 1.807) is 0 Å². The van der Waals surface area contributed by atoms with Gasteiger partial charge in [0.1, 0.15) is 16.1 Å². The standard InChI is InChI=1S/C35H58O2S2/c1-4-5-6-7-8-9-10-11-12-13-14-18-29(35(38,39)25-36)32-31(37)24-30-27-20-19-26-17-15-16-22-33(26,2)28(27)21-23-34(30,32)3/h15-16,25-30,32,38-39H,4-14,17-24H2,1-3H3/t26?,27?,28?,29?,30?,32?,33-,34-/m0/s1. The normalized spacial score (nSPS) is 36.7. The Morgan fingerprint density at radius 2 is 1.54 bits per heavy atom. The van der Waals surface area contributed by atoms with Gasteiger partial charge >= 0.3 is 0 Å². The fraction of sp³-hybridized carbons (Fsp3) is 0.886. The van der Waals surface area contributed by atoms with E-state index in [1.165, 1.54) is 96.3 Å². The molecular weight excluding hydrogens is 517 g/mol. The van der Waals surface area contributed by atoms with E-state index in [4.69, 9.17) is 25.3 Å². The number of Topliss-reactive ketones (excluding diaryl/α,β-unsaturated/α-hetero) is 1. The van der Waals surface area contributed by atoms with Crippen molar-refractivity contribution >= 4 is 37.3 Å². The number of carbonyl (C=O) groups is 2. The first-order valence-electron chi connectivity index (χ1n) is 16.8. The lowest BCUT2D eigenvalue weighted by Gasteiger charge is -2.60.